The van der Waals surface area contributed by atoms with E-state index in [9.17, 15) is 4.79 Å². The second-order valence-corrected chi connectivity index (χ2v) is 9.97. The smallest absolute Gasteiger partial charge is 0.253 e. The van der Waals surface area contributed by atoms with Crippen LogP contribution in [0.5, 0.6) is 11.5 Å². The van der Waals surface area contributed by atoms with Crippen molar-refractivity contribution in [3.63, 3.8) is 0 Å². The molecule has 2 aliphatic rings. The van der Waals surface area contributed by atoms with Crippen LogP contribution in [0.3, 0.4) is 0 Å². The van der Waals surface area contributed by atoms with Crippen LogP contribution in [0.25, 0.3) is 0 Å². The Balaban J connectivity index is 1.71. The molecule has 0 aliphatic carbocycles. The van der Waals surface area contributed by atoms with Crippen LogP contribution in [-0.2, 0) is 16.1 Å². The zero-order valence-corrected chi connectivity index (χ0v) is 22.8. The summed E-state index contributed by atoms with van der Waals surface area (Å²) < 4.78 is 18.4. The molecule has 34 heavy (non-hydrogen) atoms. The van der Waals surface area contributed by atoms with E-state index in [0.717, 1.165) is 46.7 Å². The first-order chi connectivity index (χ1) is 16.4. The molecule has 0 aromatic heterocycles. The lowest BCUT2D eigenvalue weighted by Gasteiger charge is -2.36. The Hall–Kier alpha value is -1.56. The van der Waals surface area contributed by atoms with Gasteiger partial charge in [0.15, 0.2) is 11.5 Å². The Morgan fingerprint density at radius 2 is 2.03 bits per heavy atom. The zero-order chi connectivity index (χ0) is 24.5. The van der Waals surface area contributed by atoms with Gasteiger partial charge in [0, 0.05) is 62.9 Å². The molecule has 0 radical (unpaired) electrons. The van der Waals surface area contributed by atoms with Crippen molar-refractivity contribution in [3.05, 3.63) is 35.0 Å². The molecule has 1 saturated heterocycles. The van der Waals surface area contributed by atoms with E-state index in [2.05, 4.69) is 46.7 Å². The van der Waals surface area contributed by atoms with Crippen molar-refractivity contribution in [2.45, 2.75) is 32.9 Å². The van der Waals surface area contributed by atoms with Crippen LogP contribution in [0, 0.1) is 5.92 Å². The first-order valence-corrected chi connectivity index (χ1v) is 13.6. The standard InChI is InChI=1S/C25H39IN4O4/c1-18(2)14-30(15-19-5-6-22-23(11-19)33-9-4-8-32-22)25(31)24-17-29(7-10-34-24)16-20(13-27)21(12-26)28-3/h5-6,11,18,24,28H,4,7-10,12-17,27H2,1-3H3/b21-20+. The van der Waals surface area contributed by atoms with Crippen LogP contribution in [0.15, 0.2) is 29.5 Å². The average Bonchev–Trinajstić information content (AvgIpc) is 3.08. The number of carbonyl (C=O) groups is 1. The lowest BCUT2D eigenvalue weighted by atomic mass is 10.1. The van der Waals surface area contributed by atoms with Gasteiger partial charge in [-0.25, -0.2) is 0 Å². The third kappa shape index (κ3) is 7.47. The minimum atomic E-state index is -0.482. The van der Waals surface area contributed by atoms with Gasteiger partial charge in [0.2, 0.25) is 0 Å². The SMILES string of the molecule is CN/C(CI)=C(\CN)CN1CCOC(C(=O)N(Cc2ccc3c(c2)OCCCO3)CC(C)C)C1. The minimum Gasteiger partial charge on any atom is -0.490 e. The summed E-state index contributed by atoms with van der Waals surface area (Å²) in [7, 11) is 1.93. The van der Waals surface area contributed by atoms with Crippen LogP contribution in [0.1, 0.15) is 25.8 Å². The fourth-order valence-electron chi connectivity index (χ4n) is 4.29. The highest BCUT2D eigenvalue weighted by atomic mass is 127. The number of nitrogens with one attached hydrogen (secondary N) is 1. The molecular weight excluding hydrogens is 547 g/mol. The van der Waals surface area contributed by atoms with E-state index in [1.807, 2.05) is 30.1 Å². The number of rotatable bonds is 10. The van der Waals surface area contributed by atoms with Gasteiger partial charge in [0.05, 0.1) is 19.8 Å². The summed E-state index contributed by atoms with van der Waals surface area (Å²) in [5.41, 5.74) is 9.40. The van der Waals surface area contributed by atoms with Crippen molar-refractivity contribution in [2.24, 2.45) is 11.7 Å². The highest BCUT2D eigenvalue weighted by molar-refractivity contribution is 14.1. The molecule has 9 heteroatoms. The normalized spacial score (nSPS) is 19.4. The molecule has 3 N–H and O–H groups in total. The zero-order valence-electron chi connectivity index (χ0n) is 20.6. The van der Waals surface area contributed by atoms with Crippen molar-refractivity contribution < 1.29 is 19.0 Å². The Bertz CT molecular complexity index is 842. The van der Waals surface area contributed by atoms with Gasteiger partial charge in [0.25, 0.3) is 5.91 Å². The summed E-state index contributed by atoms with van der Waals surface area (Å²) in [5.74, 6) is 1.90. The van der Waals surface area contributed by atoms with Gasteiger partial charge in [-0.3, -0.25) is 9.69 Å². The fraction of sp³-hybridized carbons (Fsp3) is 0.640. The van der Waals surface area contributed by atoms with Crippen LogP contribution in [-0.4, -0.2) is 85.8 Å². The van der Waals surface area contributed by atoms with Gasteiger partial charge in [-0.05, 0) is 29.2 Å². The lowest BCUT2D eigenvalue weighted by molar-refractivity contribution is -0.150. The summed E-state index contributed by atoms with van der Waals surface area (Å²) >= 11 is 2.35. The maximum atomic E-state index is 13.6. The molecule has 0 spiro atoms. The number of carbonyl (C=O) groups excluding carboxylic acids is 1. The lowest BCUT2D eigenvalue weighted by Crippen LogP contribution is -2.52. The molecule has 0 saturated carbocycles. The molecule has 2 aliphatic heterocycles. The summed E-state index contributed by atoms with van der Waals surface area (Å²) in [6, 6.07) is 5.96. The number of morpholine rings is 1. The number of fused-ring (bicyclic) bond motifs is 1. The number of ether oxygens (including phenoxy) is 3. The predicted octanol–water partition coefficient (Wildman–Crippen LogP) is 2.40. The Morgan fingerprint density at radius 1 is 1.26 bits per heavy atom. The van der Waals surface area contributed by atoms with E-state index >= 15 is 0 Å². The quantitative estimate of drug-likeness (QED) is 0.322. The minimum absolute atomic E-state index is 0.0338. The molecule has 2 heterocycles. The third-order valence-electron chi connectivity index (χ3n) is 6.03. The Kier molecular flexibility index (Phi) is 10.7. The van der Waals surface area contributed by atoms with E-state index in [1.165, 1.54) is 5.57 Å². The van der Waals surface area contributed by atoms with Gasteiger partial charge in [-0.15, -0.1) is 0 Å². The summed E-state index contributed by atoms with van der Waals surface area (Å²) in [4.78, 5) is 17.8. The third-order valence-corrected chi connectivity index (χ3v) is 6.79. The molecule has 1 fully saturated rings. The van der Waals surface area contributed by atoms with Crippen LogP contribution >= 0.6 is 22.6 Å². The maximum Gasteiger partial charge on any atom is 0.253 e. The van der Waals surface area contributed by atoms with Crippen molar-refractivity contribution >= 4 is 28.5 Å². The highest BCUT2D eigenvalue weighted by Crippen LogP contribution is 2.31. The molecule has 1 unspecified atom stereocenters. The molecule has 190 valence electrons. The number of hydrogen-bond donors (Lipinski definition) is 2. The summed E-state index contributed by atoms with van der Waals surface area (Å²) in [5, 5.41) is 3.26. The van der Waals surface area contributed by atoms with Gasteiger partial charge in [-0.2, -0.15) is 0 Å². The number of hydrogen-bond acceptors (Lipinski definition) is 7. The number of allylic oxidation sites excluding steroid dienone is 1. The van der Waals surface area contributed by atoms with Crippen LogP contribution < -0.4 is 20.5 Å². The summed E-state index contributed by atoms with van der Waals surface area (Å²) in [6.45, 7) is 9.88. The van der Waals surface area contributed by atoms with Gasteiger partial charge in [0.1, 0.15) is 6.10 Å². The van der Waals surface area contributed by atoms with E-state index in [0.29, 0.717) is 51.9 Å². The molecule has 1 amide bonds. The number of alkyl halides is 1. The number of nitrogens with zero attached hydrogens (tertiary/aromatic N) is 2. The molecule has 1 aromatic rings. The highest BCUT2D eigenvalue weighted by Gasteiger charge is 2.31. The van der Waals surface area contributed by atoms with Crippen molar-refractivity contribution in [2.75, 3.05) is 64.0 Å². The molecule has 8 nitrogen and oxygen atoms in total. The average molecular weight is 587 g/mol. The van der Waals surface area contributed by atoms with Crippen LogP contribution in [0.2, 0.25) is 0 Å². The van der Waals surface area contributed by atoms with E-state index < -0.39 is 6.10 Å². The maximum absolute atomic E-state index is 13.6. The molecule has 3 rings (SSSR count). The first-order valence-electron chi connectivity index (χ1n) is 12.1. The Labute approximate surface area is 217 Å². The molecule has 0 bridgehead atoms. The van der Waals surface area contributed by atoms with Crippen molar-refractivity contribution in [3.8, 4) is 11.5 Å². The van der Waals surface area contributed by atoms with Gasteiger partial charge in [-0.1, -0.05) is 42.5 Å². The Morgan fingerprint density at radius 3 is 2.71 bits per heavy atom. The van der Waals surface area contributed by atoms with Crippen molar-refractivity contribution in [1.82, 2.24) is 15.1 Å². The second-order valence-electron chi connectivity index (χ2n) is 9.21. The first kappa shape index (κ1) is 27.0. The van der Waals surface area contributed by atoms with Crippen molar-refractivity contribution in [1.29, 1.82) is 0 Å². The number of halogens is 1. The monoisotopic (exact) mass is 586 g/mol. The topological polar surface area (TPSA) is 89.3 Å². The van der Waals surface area contributed by atoms with Gasteiger partial charge < -0.3 is 30.2 Å². The number of nitrogens with two attached hydrogens (primary N) is 1. The predicted molar refractivity (Wildman–Crippen MR) is 143 cm³/mol. The van der Waals surface area contributed by atoms with Gasteiger partial charge >= 0.3 is 0 Å². The second kappa shape index (κ2) is 13.5. The van der Waals surface area contributed by atoms with Crippen LogP contribution in [0.4, 0.5) is 0 Å². The largest absolute Gasteiger partial charge is 0.490 e. The molecular formula is C25H39IN4O4. The number of benzene rings is 1. The fourth-order valence-corrected chi connectivity index (χ4v) is 5.21. The number of amides is 1. The molecule has 1 aromatic carbocycles. The van der Waals surface area contributed by atoms with E-state index in [4.69, 9.17) is 19.9 Å². The van der Waals surface area contributed by atoms with E-state index in [1.54, 1.807) is 0 Å². The summed E-state index contributed by atoms with van der Waals surface area (Å²) in [6.07, 6.45) is 0.385. The van der Waals surface area contributed by atoms with E-state index in [-0.39, 0.29) is 5.91 Å². The molecule has 1 atom stereocenters.